The van der Waals surface area contributed by atoms with Crippen LogP contribution in [0.5, 0.6) is 0 Å². The smallest absolute Gasteiger partial charge is 0.278 e. The first-order chi connectivity index (χ1) is 8.45. The van der Waals surface area contributed by atoms with E-state index in [1.807, 2.05) is 0 Å². The van der Waals surface area contributed by atoms with Gasteiger partial charge in [0.25, 0.3) is 5.91 Å². The van der Waals surface area contributed by atoms with Gasteiger partial charge in [-0.15, -0.1) is 0 Å². The Morgan fingerprint density at radius 2 is 1.94 bits per heavy atom. The predicted molar refractivity (Wildman–Crippen MR) is 61.9 cm³/mol. The Morgan fingerprint density at radius 3 is 2.44 bits per heavy atom. The van der Waals surface area contributed by atoms with Crippen molar-refractivity contribution in [2.75, 3.05) is 11.1 Å². The second-order valence-corrected chi connectivity index (χ2v) is 3.72. The van der Waals surface area contributed by atoms with Crippen molar-refractivity contribution in [3.8, 4) is 0 Å². The molecule has 1 heterocycles. The number of carbonyl (C=O) groups is 1. The molecular weight excluding hydrogens is 242 g/mol. The fourth-order valence-electron chi connectivity index (χ4n) is 1.50. The van der Waals surface area contributed by atoms with Crippen LogP contribution in [0, 0.1) is 11.6 Å². The van der Waals surface area contributed by atoms with E-state index in [1.165, 1.54) is 10.9 Å². The Morgan fingerprint density at radius 1 is 1.33 bits per heavy atom. The van der Waals surface area contributed by atoms with Crippen molar-refractivity contribution in [1.29, 1.82) is 0 Å². The lowest BCUT2D eigenvalue weighted by Gasteiger charge is -2.04. The minimum Gasteiger partial charge on any atom is -0.396 e. The number of aromatic nitrogens is 2. The summed E-state index contributed by atoms with van der Waals surface area (Å²) in [6, 6.07) is 2.71. The maximum absolute atomic E-state index is 12.9. The molecule has 94 valence electrons. The van der Waals surface area contributed by atoms with Crippen LogP contribution in [0.4, 0.5) is 20.2 Å². The lowest BCUT2D eigenvalue weighted by Crippen LogP contribution is -2.14. The second-order valence-electron chi connectivity index (χ2n) is 3.72. The largest absolute Gasteiger partial charge is 0.396 e. The Balaban J connectivity index is 2.23. The number of nitrogens with one attached hydrogen (secondary N) is 1. The number of hydrogen-bond acceptors (Lipinski definition) is 3. The molecule has 1 aromatic carbocycles. The van der Waals surface area contributed by atoms with Crippen LogP contribution in [-0.2, 0) is 7.05 Å². The Kier molecular flexibility index (Phi) is 2.97. The number of anilines is 2. The molecule has 0 radical (unpaired) electrons. The summed E-state index contributed by atoms with van der Waals surface area (Å²) in [5.41, 5.74) is 5.75. The van der Waals surface area contributed by atoms with Gasteiger partial charge in [0.05, 0.1) is 5.69 Å². The van der Waals surface area contributed by atoms with Crippen molar-refractivity contribution in [3.63, 3.8) is 0 Å². The monoisotopic (exact) mass is 252 g/mol. The van der Waals surface area contributed by atoms with Crippen LogP contribution in [0.1, 0.15) is 10.5 Å². The fourth-order valence-corrected chi connectivity index (χ4v) is 1.50. The molecule has 7 heteroatoms. The molecule has 0 bridgehead atoms. The van der Waals surface area contributed by atoms with E-state index in [1.54, 1.807) is 7.05 Å². The minimum absolute atomic E-state index is 0.00201. The predicted octanol–water partition coefficient (Wildman–Crippen LogP) is 1.53. The average molecular weight is 252 g/mol. The van der Waals surface area contributed by atoms with E-state index < -0.39 is 17.5 Å². The number of carbonyl (C=O) groups excluding carboxylic acids is 1. The van der Waals surface area contributed by atoms with Crippen molar-refractivity contribution in [3.05, 3.63) is 41.7 Å². The number of nitrogen functional groups attached to an aromatic ring is 1. The van der Waals surface area contributed by atoms with E-state index in [4.69, 9.17) is 5.73 Å². The number of hydrogen-bond donors (Lipinski definition) is 2. The van der Waals surface area contributed by atoms with Gasteiger partial charge in [0.2, 0.25) is 0 Å². The summed E-state index contributed by atoms with van der Waals surface area (Å²) >= 11 is 0. The second kappa shape index (κ2) is 4.44. The van der Waals surface area contributed by atoms with Crippen molar-refractivity contribution in [1.82, 2.24) is 9.78 Å². The Bertz CT molecular complexity index is 589. The van der Waals surface area contributed by atoms with Gasteiger partial charge in [-0.1, -0.05) is 0 Å². The fraction of sp³-hybridized carbons (Fsp3) is 0.0909. The molecule has 0 aliphatic rings. The number of halogens is 2. The van der Waals surface area contributed by atoms with Gasteiger partial charge >= 0.3 is 0 Å². The van der Waals surface area contributed by atoms with Gasteiger partial charge in [-0.05, 0) is 12.1 Å². The topological polar surface area (TPSA) is 72.9 Å². The van der Waals surface area contributed by atoms with E-state index in [-0.39, 0.29) is 17.1 Å². The lowest BCUT2D eigenvalue weighted by molar-refractivity contribution is 0.102. The first-order valence-corrected chi connectivity index (χ1v) is 5.02. The molecule has 0 saturated carbocycles. The molecule has 0 atom stereocenters. The Labute approximate surface area is 101 Å². The molecule has 2 rings (SSSR count). The average Bonchev–Trinajstić information content (AvgIpc) is 2.56. The van der Waals surface area contributed by atoms with Gasteiger partial charge in [0, 0.05) is 25.0 Å². The van der Waals surface area contributed by atoms with Crippen LogP contribution in [-0.4, -0.2) is 15.7 Å². The van der Waals surface area contributed by atoms with E-state index in [0.717, 1.165) is 12.1 Å². The summed E-state index contributed by atoms with van der Waals surface area (Å²) in [6.07, 6.45) is 1.46. The van der Waals surface area contributed by atoms with Gasteiger partial charge in [0.15, 0.2) is 5.69 Å². The first-order valence-electron chi connectivity index (χ1n) is 5.02. The molecule has 0 aliphatic heterocycles. The van der Waals surface area contributed by atoms with Gasteiger partial charge in [-0.2, -0.15) is 5.10 Å². The highest BCUT2D eigenvalue weighted by Crippen LogP contribution is 2.15. The number of aryl methyl sites for hydroxylation is 1. The molecule has 0 aliphatic carbocycles. The highest BCUT2D eigenvalue weighted by Gasteiger charge is 2.14. The third-order valence-corrected chi connectivity index (χ3v) is 2.19. The summed E-state index contributed by atoms with van der Waals surface area (Å²) in [7, 11) is 1.61. The minimum atomic E-state index is -0.778. The zero-order valence-corrected chi connectivity index (χ0v) is 9.45. The van der Waals surface area contributed by atoms with Crippen LogP contribution < -0.4 is 11.1 Å². The highest BCUT2D eigenvalue weighted by atomic mass is 19.1. The number of benzene rings is 1. The standard InChI is InChI=1S/C11H10F2N4O/c1-17-5-9(14)10(16-17)11(18)15-8-3-6(12)2-7(13)4-8/h2-5H,14H2,1H3,(H,15,18). The summed E-state index contributed by atoms with van der Waals surface area (Å²) in [4.78, 5) is 11.8. The van der Waals surface area contributed by atoms with Crippen molar-refractivity contribution < 1.29 is 13.6 Å². The maximum atomic E-state index is 12.9. The van der Waals surface area contributed by atoms with E-state index >= 15 is 0 Å². The third kappa shape index (κ3) is 2.45. The lowest BCUT2D eigenvalue weighted by atomic mass is 10.3. The first kappa shape index (κ1) is 12.0. The summed E-state index contributed by atoms with van der Waals surface area (Å²) in [6.45, 7) is 0. The van der Waals surface area contributed by atoms with Gasteiger partial charge in [-0.3, -0.25) is 9.48 Å². The molecule has 0 fully saturated rings. The maximum Gasteiger partial charge on any atom is 0.278 e. The van der Waals surface area contributed by atoms with Gasteiger partial charge in [-0.25, -0.2) is 8.78 Å². The molecule has 3 N–H and O–H groups in total. The van der Waals surface area contributed by atoms with Crippen LogP contribution >= 0.6 is 0 Å². The molecular formula is C11H10F2N4O. The molecule has 18 heavy (non-hydrogen) atoms. The third-order valence-electron chi connectivity index (χ3n) is 2.19. The molecule has 0 saturated heterocycles. The highest BCUT2D eigenvalue weighted by molar-refractivity contribution is 6.06. The Hall–Kier alpha value is -2.44. The van der Waals surface area contributed by atoms with Gasteiger partial charge < -0.3 is 11.1 Å². The number of nitrogens with zero attached hydrogens (tertiary/aromatic N) is 2. The van der Waals surface area contributed by atoms with E-state index in [2.05, 4.69) is 10.4 Å². The number of amides is 1. The molecule has 1 amide bonds. The van der Waals surface area contributed by atoms with Gasteiger partial charge in [0.1, 0.15) is 11.6 Å². The quantitative estimate of drug-likeness (QED) is 0.851. The van der Waals surface area contributed by atoms with Crippen molar-refractivity contribution in [2.45, 2.75) is 0 Å². The zero-order valence-electron chi connectivity index (χ0n) is 9.45. The number of nitrogens with two attached hydrogens (primary N) is 1. The van der Waals surface area contributed by atoms with E-state index in [0.29, 0.717) is 6.07 Å². The van der Waals surface area contributed by atoms with E-state index in [9.17, 15) is 13.6 Å². The zero-order chi connectivity index (χ0) is 13.3. The summed E-state index contributed by atoms with van der Waals surface area (Å²) in [5, 5.41) is 6.16. The SMILES string of the molecule is Cn1cc(N)c(C(=O)Nc2cc(F)cc(F)c2)n1. The van der Waals surface area contributed by atoms with Crippen LogP contribution in [0.2, 0.25) is 0 Å². The molecule has 0 unspecified atom stereocenters. The summed E-state index contributed by atoms with van der Waals surface area (Å²) in [5.74, 6) is -2.18. The summed E-state index contributed by atoms with van der Waals surface area (Å²) < 4.78 is 27.2. The van der Waals surface area contributed by atoms with Crippen molar-refractivity contribution >= 4 is 17.3 Å². The molecule has 5 nitrogen and oxygen atoms in total. The molecule has 2 aromatic rings. The van der Waals surface area contributed by atoms with Crippen LogP contribution in [0.15, 0.2) is 24.4 Å². The van der Waals surface area contributed by atoms with Crippen LogP contribution in [0.3, 0.4) is 0 Å². The molecule has 0 spiro atoms. The van der Waals surface area contributed by atoms with Crippen molar-refractivity contribution in [2.24, 2.45) is 7.05 Å². The van der Waals surface area contributed by atoms with Crippen LogP contribution in [0.25, 0.3) is 0 Å². The normalized spacial score (nSPS) is 10.4. The number of rotatable bonds is 2. The molecule has 1 aromatic heterocycles.